The summed E-state index contributed by atoms with van der Waals surface area (Å²) in [6.07, 6.45) is 0. The van der Waals surface area contributed by atoms with Gasteiger partial charge >= 0.3 is 0 Å². The van der Waals surface area contributed by atoms with Crippen LogP contribution in [0.5, 0.6) is 5.75 Å². The fourth-order valence-corrected chi connectivity index (χ4v) is 5.51. The summed E-state index contributed by atoms with van der Waals surface area (Å²) in [7, 11) is 0. The smallest absolute Gasteiger partial charge is 0.269 e. The third-order valence-electron chi connectivity index (χ3n) is 5.28. The Bertz CT molecular complexity index is 1110. The van der Waals surface area contributed by atoms with E-state index in [-0.39, 0.29) is 11.8 Å². The summed E-state index contributed by atoms with van der Waals surface area (Å²) in [5.74, 6) is 2.38. The molecule has 0 aliphatic carbocycles. The van der Waals surface area contributed by atoms with Gasteiger partial charge in [-0.1, -0.05) is 30.3 Å². The van der Waals surface area contributed by atoms with Gasteiger partial charge in [0.05, 0.1) is 6.61 Å². The van der Waals surface area contributed by atoms with Gasteiger partial charge in [0.1, 0.15) is 10.6 Å². The molecule has 7 heteroatoms. The first kappa shape index (κ1) is 22.4. The van der Waals surface area contributed by atoms with E-state index in [9.17, 15) is 9.59 Å². The highest BCUT2D eigenvalue weighted by molar-refractivity contribution is 7.99. The van der Waals surface area contributed by atoms with Gasteiger partial charge in [-0.3, -0.25) is 9.59 Å². The molecular formula is C25H26N2O3S2. The Labute approximate surface area is 196 Å². The lowest BCUT2D eigenvalue weighted by Gasteiger charge is -2.26. The number of benzene rings is 2. The van der Waals surface area contributed by atoms with Gasteiger partial charge in [-0.25, -0.2) is 0 Å². The van der Waals surface area contributed by atoms with Gasteiger partial charge in [-0.15, -0.1) is 11.3 Å². The van der Waals surface area contributed by atoms with E-state index in [1.54, 1.807) is 6.07 Å². The topological polar surface area (TPSA) is 58.6 Å². The highest BCUT2D eigenvalue weighted by Crippen LogP contribution is 2.37. The van der Waals surface area contributed by atoms with Crippen molar-refractivity contribution < 1.29 is 14.3 Å². The van der Waals surface area contributed by atoms with Gasteiger partial charge in [0.2, 0.25) is 0 Å². The SMILES string of the molecule is CCOc1cc(-c2ccccc2)sc1C(=O)Nc1ccc(C(=O)N2CCSCC2)cc1C. The van der Waals surface area contributed by atoms with Crippen LogP contribution in [0.2, 0.25) is 0 Å². The number of nitrogens with one attached hydrogen (secondary N) is 1. The first-order valence-corrected chi connectivity index (χ1v) is 12.6. The van der Waals surface area contributed by atoms with Crippen molar-refractivity contribution in [2.75, 3.05) is 36.5 Å². The zero-order chi connectivity index (χ0) is 22.5. The molecule has 1 aliphatic rings. The van der Waals surface area contributed by atoms with Gasteiger partial charge in [-0.05, 0) is 49.2 Å². The summed E-state index contributed by atoms with van der Waals surface area (Å²) in [4.78, 5) is 29.3. The molecule has 1 saturated heterocycles. The van der Waals surface area contributed by atoms with Crippen molar-refractivity contribution in [2.24, 2.45) is 0 Å². The minimum Gasteiger partial charge on any atom is -0.492 e. The second-order valence-electron chi connectivity index (χ2n) is 7.49. The van der Waals surface area contributed by atoms with Crippen LogP contribution < -0.4 is 10.1 Å². The van der Waals surface area contributed by atoms with Crippen molar-refractivity contribution >= 4 is 40.6 Å². The number of thiophene rings is 1. The molecule has 1 fully saturated rings. The maximum Gasteiger partial charge on any atom is 0.269 e. The van der Waals surface area contributed by atoms with E-state index < -0.39 is 0 Å². The average Bonchev–Trinajstić information content (AvgIpc) is 3.25. The van der Waals surface area contributed by atoms with Gasteiger partial charge < -0.3 is 15.0 Å². The maximum absolute atomic E-state index is 13.1. The van der Waals surface area contributed by atoms with E-state index in [1.807, 2.05) is 79.0 Å². The number of amides is 2. The van der Waals surface area contributed by atoms with Gasteiger partial charge in [0, 0.05) is 40.7 Å². The third kappa shape index (κ3) is 5.00. The molecule has 5 nitrogen and oxygen atoms in total. The molecule has 0 saturated carbocycles. The number of anilines is 1. The number of ether oxygens (including phenoxy) is 1. The molecule has 2 aromatic carbocycles. The number of rotatable bonds is 6. The van der Waals surface area contributed by atoms with Crippen LogP contribution >= 0.6 is 23.1 Å². The number of aryl methyl sites for hydroxylation is 1. The lowest BCUT2D eigenvalue weighted by atomic mass is 10.1. The maximum atomic E-state index is 13.1. The lowest BCUT2D eigenvalue weighted by Crippen LogP contribution is -2.37. The Morgan fingerprint density at radius 2 is 1.81 bits per heavy atom. The first-order valence-electron chi connectivity index (χ1n) is 10.7. The summed E-state index contributed by atoms with van der Waals surface area (Å²) in [5.41, 5.74) is 3.25. The van der Waals surface area contributed by atoms with Crippen LogP contribution in [0.15, 0.2) is 54.6 Å². The second kappa shape index (κ2) is 10.2. The standard InChI is InChI=1S/C25H26N2O3S2/c1-3-30-21-16-22(18-7-5-4-6-8-18)32-23(21)24(28)26-20-10-9-19(15-17(20)2)25(29)27-11-13-31-14-12-27/h4-10,15-16H,3,11-14H2,1-2H3,(H,26,28). The Kier molecular flexibility index (Phi) is 7.17. The van der Waals surface area contributed by atoms with Gasteiger partial charge in [-0.2, -0.15) is 11.8 Å². The molecule has 0 radical (unpaired) electrons. The molecule has 1 N–H and O–H groups in total. The minimum absolute atomic E-state index is 0.0515. The highest BCUT2D eigenvalue weighted by atomic mass is 32.2. The number of carbonyl (C=O) groups is 2. The first-order chi connectivity index (χ1) is 15.6. The molecule has 2 heterocycles. The summed E-state index contributed by atoms with van der Waals surface area (Å²) >= 11 is 3.29. The molecule has 0 spiro atoms. The van der Waals surface area contributed by atoms with Crippen LogP contribution in [0.1, 0.15) is 32.5 Å². The van der Waals surface area contributed by atoms with E-state index in [0.29, 0.717) is 28.5 Å². The number of carbonyl (C=O) groups excluding carboxylic acids is 2. The number of hydrogen-bond acceptors (Lipinski definition) is 5. The summed E-state index contributed by atoms with van der Waals surface area (Å²) in [6.45, 7) is 5.86. The van der Waals surface area contributed by atoms with E-state index in [2.05, 4.69) is 5.32 Å². The Hall–Kier alpha value is -2.77. The van der Waals surface area contributed by atoms with E-state index >= 15 is 0 Å². The molecule has 4 rings (SSSR count). The summed E-state index contributed by atoms with van der Waals surface area (Å²) < 4.78 is 5.74. The molecule has 3 aromatic rings. The van der Waals surface area contributed by atoms with E-state index in [0.717, 1.165) is 40.6 Å². The molecular weight excluding hydrogens is 440 g/mol. The monoisotopic (exact) mass is 466 g/mol. The Morgan fingerprint density at radius 1 is 1.06 bits per heavy atom. The average molecular weight is 467 g/mol. The Morgan fingerprint density at radius 3 is 2.50 bits per heavy atom. The zero-order valence-electron chi connectivity index (χ0n) is 18.2. The summed E-state index contributed by atoms with van der Waals surface area (Å²) in [6, 6.07) is 17.3. The van der Waals surface area contributed by atoms with Crippen LogP contribution in [0.25, 0.3) is 10.4 Å². The van der Waals surface area contributed by atoms with Crippen LogP contribution in [-0.4, -0.2) is 47.9 Å². The lowest BCUT2D eigenvalue weighted by molar-refractivity contribution is 0.0772. The molecule has 32 heavy (non-hydrogen) atoms. The van der Waals surface area contributed by atoms with Gasteiger partial charge in [0.25, 0.3) is 11.8 Å². The largest absolute Gasteiger partial charge is 0.492 e. The van der Waals surface area contributed by atoms with Crippen LogP contribution in [-0.2, 0) is 0 Å². The van der Waals surface area contributed by atoms with Crippen molar-refractivity contribution in [2.45, 2.75) is 13.8 Å². The molecule has 1 aliphatic heterocycles. The highest BCUT2D eigenvalue weighted by Gasteiger charge is 2.21. The second-order valence-corrected chi connectivity index (χ2v) is 9.77. The van der Waals surface area contributed by atoms with Crippen molar-refractivity contribution in [1.29, 1.82) is 0 Å². The van der Waals surface area contributed by atoms with Crippen molar-refractivity contribution in [3.05, 3.63) is 70.6 Å². The minimum atomic E-state index is -0.212. The quantitative estimate of drug-likeness (QED) is 0.516. The summed E-state index contributed by atoms with van der Waals surface area (Å²) in [5, 5.41) is 3.00. The van der Waals surface area contributed by atoms with Crippen LogP contribution in [0.3, 0.4) is 0 Å². The fourth-order valence-electron chi connectivity index (χ4n) is 3.61. The van der Waals surface area contributed by atoms with Crippen molar-refractivity contribution in [3.8, 4) is 16.2 Å². The Balaban J connectivity index is 1.53. The van der Waals surface area contributed by atoms with Gasteiger partial charge in [0.15, 0.2) is 0 Å². The molecule has 0 atom stereocenters. The molecule has 0 bridgehead atoms. The molecule has 166 valence electrons. The van der Waals surface area contributed by atoms with E-state index in [1.165, 1.54) is 11.3 Å². The fraction of sp³-hybridized carbons (Fsp3) is 0.280. The van der Waals surface area contributed by atoms with E-state index in [4.69, 9.17) is 4.74 Å². The molecule has 1 aromatic heterocycles. The number of nitrogens with zero attached hydrogens (tertiary/aromatic N) is 1. The normalized spacial score (nSPS) is 13.6. The van der Waals surface area contributed by atoms with Crippen LogP contribution in [0.4, 0.5) is 5.69 Å². The van der Waals surface area contributed by atoms with Crippen molar-refractivity contribution in [3.63, 3.8) is 0 Å². The molecule has 2 amide bonds. The predicted octanol–water partition coefficient (Wildman–Crippen LogP) is 5.56. The molecule has 0 unspecified atom stereocenters. The van der Waals surface area contributed by atoms with Crippen molar-refractivity contribution in [1.82, 2.24) is 4.90 Å². The zero-order valence-corrected chi connectivity index (χ0v) is 19.9. The predicted molar refractivity (Wildman–Crippen MR) is 133 cm³/mol. The third-order valence-corrected chi connectivity index (χ3v) is 7.39. The van der Waals surface area contributed by atoms with Crippen LogP contribution in [0, 0.1) is 6.92 Å². The number of thioether (sulfide) groups is 1. The number of hydrogen-bond donors (Lipinski definition) is 1.